The van der Waals surface area contributed by atoms with Gasteiger partial charge in [-0.3, -0.25) is 0 Å². The average Bonchev–Trinajstić information content (AvgIpc) is 3.83. The maximum absolute atomic E-state index is 6.61. The molecule has 12 rings (SSSR count). The Kier molecular flexibility index (Phi) is 5.62. The Bertz CT molecular complexity index is 3060. The van der Waals surface area contributed by atoms with Crippen LogP contribution in [0.1, 0.15) is 22.3 Å². The largest absolute Gasteiger partial charge is 0.457 e. The molecule has 0 saturated carbocycles. The maximum Gasteiger partial charge on any atom is 0.132 e. The molecule has 0 unspecified atom stereocenters. The molecule has 2 aromatic heterocycles. The second-order valence-electron chi connectivity index (χ2n) is 14.0. The van der Waals surface area contributed by atoms with Gasteiger partial charge in [0.15, 0.2) is 0 Å². The highest BCUT2D eigenvalue weighted by Crippen LogP contribution is 2.62. The van der Waals surface area contributed by atoms with E-state index in [0.717, 1.165) is 17.2 Å². The first-order valence-corrected chi connectivity index (χ1v) is 18.7. The lowest BCUT2D eigenvalue weighted by atomic mass is 9.66. The number of hydrogen-bond acceptors (Lipinski definition) is 2. The molecule has 0 fully saturated rings. The van der Waals surface area contributed by atoms with Crippen LogP contribution in [0.25, 0.3) is 69.9 Å². The lowest BCUT2D eigenvalue weighted by Gasteiger charge is -2.39. The minimum Gasteiger partial charge on any atom is -0.457 e. The van der Waals surface area contributed by atoms with Crippen LogP contribution in [0.5, 0.6) is 11.5 Å². The van der Waals surface area contributed by atoms with Gasteiger partial charge < -0.3 is 9.30 Å². The fourth-order valence-electron chi connectivity index (χ4n) is 9.30. The summed E-state index contributed by atoms with van der Waals surface area (Å²) in [6.07, 6.45) is 0. The van der Waals surface area contributed by atoms with Crippen molar-refractivity contribution in [2.45, 2.75) is 5.41 Å². The van der Waals surface area contributed by atoms with Crippen molar-refractivity contribution in [1.29, 1.82) is 0 Å². The van der Waals surface area contributed by atoms with E-state index in [2.05, 4.69) is 180 Å². The van der Waals surface area contributed by atoms with Gasteiger partial charge in [0.25, 0.3) is 0 Å². The molecule has 2 aliphatic rings. The topological polar surface area (TPSA) is 14.2 Å². The molecule has 0 radical (unpaired) electrons. The van der Waals surface area contributed by atoms with E-state index in [1.54, 1.807) is 0 Å². The maximum atomic E-state index is 6.61. The first-order valence-electron chi connectivity index (χ1n) is 17.8. The summed E-state index contributed by atoms with van der Waals surface area (Å²) < 4.78 is 11.7. The van der Waals surface area contributed by atoms with Gasteiger partial charge in [-0.1, -0.05) is 115 Å². The number of ether oxygens (including phenoxy) is 1. The summed E-state index contributed by atoms with van der Waals surface area (Å²) in [7, 11) is 0. The minimum atomic E-state index is -0.513. The van der Waals surface area contributed by atoms with Crippen LogP contribution in [0, 0.1) is 0 Å². The summed E-state index contributed by atoms with van der Waals surface area (Å²) >= 11 is 1.86. The lowest BCUT2D eigenvalue weighted by Crippen LogP contribution is -2.32. The van der Waals surface area contributed by atoms with E-state index in [-0.39, 0.29) is 0 Å². The van der Waals surface area contributed by atoms with Crippen molar-refractivity contribution in [2.75, 3.05) is 0 Å². The summed E-state index contributed by atoms with van der Waals surface area (Å²) in [5, 5.41) is 5.16. The van der Waals surface area contributed by atoms with Crippen LogP contribution < -0.4 is 4.74 Å². The Labute approximate surface area is 304 Å². The minimum absolute atomic E-state index is 0.513. The Morgan fingerprint density at radius 3 is 1.85 bits per heavy atom. The van der Waals surface area contributed by atoms with Gasteiger partial charge in [-0.05, 0) is 94.0 Å². The molecule has 3 heterocycles. The number of benzene rings is 8. The monoisotopic (exact) mass is 679 g/mol. The van der Waals surface area contributed by atoms with Crippen LogP contribution in [0.2, 0.25) is 0 Å². The number of aromatic nitrogens is 1. The van der Waals surface area contributed by atoms with Gasteiger partial charge in [-0.2, -0.15) is 0 Å². The molecule has 1 spiro atoms. The van der Waals surface area contributed by atoms with Crippen molar-refractivity contribution in [2.24, 2.45) is 0 Å². The first-order chi connectivity index (χ1) is 25.8. The molecule has 1 aliphatic carbocycles. The molecular formula is C49H29NOS. The summed E-state index contributed by atoms with van der Waals surface area (Å²) in [5.74, 6) is 1.82. The van der Waals surface area contributed by atoms with Crippen molar-refractivity contribution in [3.05, 3.63) is 198 Å². The highest BCUT2D eigenvalue weighted by molar-refractivity contribution is 7.25. The van der Waals surface area contributed by atoms with Crippen molar-refractivity contribution in [3.63, 3.8) is 0 Å². The molecule has 0 amide bonds. The van der Waals surface area contributed by atoms with E-state index in [1.807, 2.05) is 11.3 Å². The summed E-state index contributed by atoms with van der Waals surface area (Å²) in [5.41, 5.74) is 13.0. The predicted octanol–water partition coefficient (Wildman–Crippen LogP) is 13.3. The number of rotatable bonds is 2. The van der Waals surface area contributed by atoms with E-state index in [1.165, 1.54) is 86.5 Å². The molecule has 52 heavy (non-hydrogen) atoms. The van der Waals surface area contributed by atoms with E-state index < -0.39 is 5.41 Å². The highest BCUT2D eigenvalue weighted by Gasteiger charge is 2.51. The van der Waals surface area contributed by atoms with Crippen molar-refractivity contribution >= 4 is 53.3 Å². The zero-order chi connectivity index (χ0) is 34.0. The number of thiophene rings is 1. The molecule has 2 nitrogen and oxygen atoms in total. The SMILES string of the molecule is c1ccc2c(c1)Oc1ccccc1C21c2ccccc2-c2cc3c4ccccc4n(-c4ccc(-c5ccc6sc7ccccc7c6c5)cc4)c3cc21. The van der Waals surface area contributed by atoms with Gasteiger partial charge >= 0.3 is 0 Å². The molecule has 242 valence electrons. The zero-order valence-electron chi connectivity index (χ0n) is 28.0. The average molecular weight is 680 g/mol. The Morgan fingerprint density at radius 2 is 1.04 bits per heavy atom. The molecule has 1 aliphatic heterocycles. The van der Waals surface area contributed by atoms with Gasteiger partial charge in [0, 0.05) is 47.8 Å². The van der Waals surface area contributed by atoms with E-state index in [0.29, 0.717) is 0 Å². The van der Waals surface area contributed by atoms with Gasteiger partial charge in [0.05, 0.1) is 16.4 Å². The molecule has 0 saturated heterocycles. The smallest absolute Gasteiger partial charge is 0.132 e. The molecule has 0 N–H and O–H groups in total. The fourth-order valence-corrected chi connectivity index (χ4v) is 10.4. The van der Waals surface area contributed by atoms with Gasteiger partial charge in [0.2, 0.25) is 0 Å². The standard InChI is InChI=1S/C49H29NOS/c1-4-14-39-33(11-1)36-28-37-34-12-2-7-17-43(34)50(32-24-21-30(22-25-32)31-23-26-48-38(27-31)35-13-3-10-20-47(35)52-48)44(37)29-42(36)49(39)40-15-5-8-18-45(40)51-46-19-9-6-16-41(46)49/h1-29H. The van der Waals surface area contributed by atoms with Crippen molar-refractivity contribution in [3.8, 4) is 39.4 Å². The Balaban J connectivity index is 1.10. The lowest BCUT2D eigenvalue weighted by molar-refractivity contribution is 0.436. The third-order valence-electron chi connectivity index (χ3n) is 11.5. The van der Waals surface area contributed by atoms with Crippen LogP contribution in [0.4, 0.5) is 0 Å². The number of hydrogen-bond donors (Lipinski definition) is 0. The molecule has 0 bridgehead atoms. The molecular weight excluding hydrogens is 651 g/mol. The Hall–Kier alpha value is -6.42. The second-order valence-corrected chi connectivity index (χ2v) is 15.1. The normalized spacial score (nSPS) is 13.7. The third kappa shape index (κ3) is 3.63. The van der Waals surface area contributed by atoms with Gasteiger partial charge in [0.1, 0.15) is 11.5 Å². The summed E-state index contributed by atoms with van der Waals surface area (Å²) in [6, 6.07) is 64.7. The molecule has 8 aromatic carbocycles. The third-order valence-corrected chi connectivity index (χ3v) is 12.6. The quantitative estimate of drug-likeness (QED) is 0.177. The highest BCUT2D eigenvalue weighted by atomic mass is 32.1. The first kappa shape index (κ1) is 28.3. The van der Waals surface area contributed by atoms with Gasteiger partial charge in [-0.25, -0.2) is 0 Å². The van der Waals surface area contributed by atoms with E-state index >= 15 is 0 Å². The van der Waals surface area contributed by atoms with Crippen LogP contribution in [0.3, 0.4) is 0 Å². The number of fused-ring (bicyclic) bond motifs is 15. The predicted molar refractivity (Wildman–Crippen MR) is 216 cm³/mol. The second kappa shape index (κ2) is 10.3. The van der Waals surface area contributed by atoms with Gasteiger partial charge in [-0.15, -0.1) is 11.3 Å². The van der Waals surface area contributed by atoms with Crippen LogP contribution in [-0.4, -0.2) is 4.57 Å². The van der Waals surface area contributed by atoms with Crippen LogP contribution in [-0.2, 0) is 5.41 Å². The fraction of sp³-hybridized carbons (Fsp3) is 0.0204. The molecule has 10 aromatic rings. The number of para-hydroxylation sites is 3. The van der Waals surface area contributed by atoms with E-state index in [4.69, 9.17) is 4.74 Å². The van der Waals surface area contributed by atoms with Crippen LogP contribution in [0.15, 0.2) is 176 Å². The van der Waals surface area contributed by atoms with E-state index in [9.17, 15) is 0 Å². The molecule has 0 atom stereocenters. The van der Waals surface area contributed by atoms with Crippen LogP contribution >= 0.6 is 11.3 Å². The number of nitrogens with zero attached hydrogens (tertiary/aromatic N) is 1. The summed E-state index contributed by atoms with van der Waals surface area (Å²) in [4.78, 5) is 0. The van der Waals surface area contributed by atoms with Crippen molar-refractivity contribution < 1.29 is 4.74 Å². The zero-order valence-corrected chi connectivity index (χ0v) is 28.8. The summed E-state index contributed by atoms with van der Waals surface area (Å²) in [6.45, 7) is 0. The molecule has 3 heteroatoms. The Morgan fingerprint density at radius 1 is 0.404 bits per heavy atom. The van der Waals surface area contributed by atoms with Crippen molar-refractivity contribution in [1.82, 2.24) is 4.57 Å².